The van der Waals surface area contributed by atoms with Crippen LogP contribution >= 0.6 is 0 Å². The molecule has 0 aromatic carbocycles. The van der Waals surface area contributed by atoms with Gasteiger partial charge in [-0.2, -0.15) is 8.42 Å². The van der Waals surface area contributed by atoms with Gasteiger partial charge in [-0.1, -0.05) is 13.3 Å². The molecule has 1 heterocycles. The van der Waals surface area contributed by atoms with E-state index in [4.69, 9.17) is 0 Å². The molecule has 1 unspecified atom stereocenters. The number of aromatic nitrogens is 2. The zero-order chi connectivity index (χ0) is 10.8. The Kier molecular flexibility index (Phi) is 2.96. The molecule has 0 saturated carbocycles. The highest BCUT2D eigenvalue weighted by Crippen LogP contribution is 2.21. The summed E-state index contributed by atoms with van der Waals surface area (Å²) < 4.78 is 33.2. The third-order valence-corrected chi connectivity index (χ3v) is 3.89. The Balaban J connectivity index is 3.19. The molecule has 0 saturated heterocycles. The Morgan fingerprint density at radius 3 is 2.57 bits per heavy atom. The van der Waals surface area contributed by atoms with Gasteiger partial charge in [0.2, 0.25) is 11.2 Å². The number of H-pyrrole nitrogens is 1. The minimum absolute atomic E-state index is 0.369. The maximum atomic E-state index is 11.3. The van der Waals surface area contributed by atoms with Gasteiger partial charge >= 0.3 is 10.1 Å². The summed E-state index contributed by atoms with van der Waals surface area (Å²) in [7, 11) is -4.11. The second-order valence-corrected chi connectivity index (χ2v) is 5.25. The van der Waals surface area contributed by atoms with Gasteiger partial charge in [-0.05, 0) is 6.92 Å². The predicted molar refractivity (Wildman–Crippen MR) is 51.1 cm³/mol. The van der Waals surface area contributed by atoms with Crippen LogP contribution in [0, 0.1) is 0 Å². The maximum Gasteiger partial charge on any atom is 0.310 e. The highest BCUT2D eigenvalue weighted by Gasteiger charge is 2.43. The van der Waals surface area contributed by atoms with Crippen molar-refractivity contribution < 1.29 is 17.5 Å². The standard InChI is InChI=1S/C8H14N2O3S/c1-3-4-8(2,14(11,12)13)10-6-5-9-7-10/h5-7H,3-4H2,1-2H3,(H,11,12,13)/p+1. The molecule has 1 atom stereocenters. The lowest BCUT2D eigenvalue weighted by Crippen LogP contribution is -2.57. The van der Waals surface area contributed by atoms with Crippen molar-refractivity contribution in [3.63, 3.8) is 0 Å². The summed E-state index contributed by atoms with van der Waals surface area (Å²) in [4.78, 5) is 1.48. The fourth-order valence-electron chi connectivity index (χ4n) is 1.44. The van der Waals surface area contributed by atoms with Gasteiger partial charge in [0, 0.05) is 6.42 Å². The summed E-state index contributed by atoms with van der Waals surface area (Å²) >= 11 is 0. The number of imidazole rings is 1. The fraction of sp³-hybridized carbons (Fsp3) is 0.625. The monoisotopic (exact) mass is 219 g/mol. The SMILES string of the molecule is CCCC(C)([n+]1cc[nH]c1)S(=O)(=O)O. The molecule has 5 nitrogen and oxygen atoms in total. The first kappa shape index (κ1) is 11.2. The molecule has 1 aromatic rings. The number of hydrogen-bond donors (Lipinski definition) is 2. The molecule has 0 bridgehead atoms. The van der Waals surface area contributed by atoms with Crippen molar-refractivity contribution in [1.29, 1.82) is 0 Å². The van der Waals surface area contributed by atoms with E-state index >= 15 is 0 Å². The zero-order valence-electron chi connectivity index (χ0n) is 8.27. The van der Waals surface area contributed by atoms with Gasteiger partial charge < -0.3 is 0 Å². The topological polar surface area (TPSA) is 74.0 Å². The maximum absolute atomic E-state index is 11.3. The van der Waals surface area contributed by atoms with E-state index in [-0.39, 0.29) is 0 Å². The zero-order valence-corrected chi connectivity index (χ0v) is 9.08. The van der Waals surface area contributed by atoms with Crippen molar-refractivity contribution in [2.45, 2.75) is 31.6 Å². The van der Waals surface area contributed by atoms with Crippen molar-refractivity contribution >= 4 is 10.1 Å². The van der Waals surface area contributed by atoms with Gasteiger partial charge in [0.05, 0.1) is 0 Å². The minimum Gasteiger partial charge on any atom is -0.282 e. The second-order valence-electron chi connectivity index (χ2n) is 3.42. The van der Waals surface area contributed by atoms with Crippen LogP contribution in [0.1, 0.15) is 26.7 Å². The molecule has 6 heteroatoms. The van der Waals surface area contributed by atoms with Crippen molar-refractivity contribution in [2.24, 2.45) is 0 Å². The molecule has 0 aliphatic heterocycles. The summed E-state index contributed by atoms with van der Waals surface area (Å²) in [6.07, 6.45) is 5.76. The van der Waals surface area contributed by atoms with Crippen molar-refractivity contribution in [3.05, 3.63) is 18.7 Å². The van der Waals surface area contributed by atoms with E-state index < -0.39 is 15.0 Å². The first-order valence-electron chi connectivity index (χ1n) is 4.43. The fourth-order valence-corrected chi connectivity index (χ4v) is 2.28. The van der Waals surface area contributed by atoms with Gasteiger partial charge in [-0.15, -0.1) is 0 Å². The van der Waals surface area contributed by atoms with Crippen LogP contribution in [0.15, 0.2) is 18.7 Å². The van der Waals surface area contributed by atoms with Gasteiger partial charge in [0.25, 0.3) is 0 Å². The second kappa shape index (κ2) is 3.70. The van der Waals surface area contributed by atoms with E-state index in [1.54, 1.807) is 12.4 Å². The summed E-state index contributed by atoms with van der Waals surface area (Å²) in [6, 6.07) is 0. The predicted octanol–water partition coefficient (Wildman–Crippen LogP) is 0.663. The van der Waals surface area contributed by atoms with Crippen molar-refractivity contribution in [2.75, 3.05) is 0 Å². The van der Waals surface area contributed by atoms with Crippen molar-refractivity contribution in [1.82, 2.24) is 4.98 Å². The normalized spacial score (nSPS) is 16.5. The lowest BCUT2D eigenvalue weighted by molar-refractivity contribution is -0.737. The van der Waals surface area contributed by atoms with Crippen LogP contribution in [0.3, 0.4) is 0 Å². The number of aromatic amines is 1. The van der Waals surface area contributed by atoms with E-state index in [9.17, 15) is 13.0 Å². The Hall–Kier alpha value is -0.880. The molecule has 0 fully saturated rings. The molecule has 2 N–H and O–H groups in total. The Morgan fingerprint density at radius 1 is 1.57 bits per heavy atom. The summed E-state index contributed by atoms with van der Waals surface area (Å²) in [5.41, 5.74) is 0. The third-order valence-electron chi connectivity index (χ3n) is 2.36. The lowest BCUT2D eigenvalue weighted by atomic mass is 10.2. The van der Waals surface area contributed by atoms with E-state index in [0.717, 1.165) is 0 Å². The van der Waals surface area contributed by atoms with E-state index in [2.05, 4.69) is 4.98 Å². The Bertz CT molecular complexity index is 385. The van der Waals surface area contributed by atoms with Gasteiger partial charge in [0.15, 0.2) is 0 Å². The smallest absolute Gasteiger partial charge is 0.282 e. The largest absolute Gasteiger partial charge is 0.310 e. The third kappa shape index (κ3) is 1.80. The summed E-state index contributed by atoms with van der Waals surface area (Å²) in [5, 5.41) is 0. The van der Waals surface area contributed by atoms with Crippen LogP contribution in [0.4, 0.5) is 0 Å². The molecular formula is C8H15N2O3S+. The minimum atomic E-state index is -4.11. The highest BCUT2D eigenvalue weighted by molar-refractivity contribution is 7.86. The molecule has 14 heavy (non-hydrogen) atoms. The number of hydrogen-bond acceptors (Lipinski definition) is 2. The molecule has 0 amide bonds. The number of nitrogens with one attached hydrogen (secondary N) is 1. The highest BCUT2D eigenvalue weighted by atomic mass is 32.2. The summed E-state index contributed by atoms with van der Waals surface area (Å²) in [5.74, 6) is 0. The van der Waals surface area contributed by atoms with E-state index in [0.29, 0.717) is 12.8 Å². The lowest BCUT2D eigenvalue weighted by Gasteiger charge is -2.21. The van der Waals surface area contributed by atoms with Gasteiger partial charge in [0.1, 0.15) is 12.4 Å². The van der Waals surface area contributed by atoms with E-state index in [1.807, 2.05) is 6.92 Å². The average Bonchev–Trinajstić information content (AvgIpc) is 2.54. The molecule has 0 spiro atoms. The Labute approximate surface area is 83.5 Å². The summed E-state index contributed by atoms with van der Waals surface area (Å²) in [6.45, 7) is 3.37. The van der Waals surface area contributed by atoms with Crippen LogP contribution in [-0.4, -0.2) is 18.0 Å². The molecule has 80 valence electrons. The van der Waals surface area contributed by atoms with Crippen molar-refractivity contribution in [3.8, 4) is 0 Å². The van der Waals surface area contributed by atoms with E-state index in [1.165, 1.54) is 17.8 Å². The van der Waals surface area contributed by atoms with Crippen LogP contribution in [0.5, 0.6) is 0 Å². The molecule has 0 aliphatic rings. The number of nitrogens with zero attached hydrogens (tertiary/aromatic N) is 1. The first-order valence-corrected chi connectivity index (χ1v) is 5.87. The molecule has 1 aromatic heterocycles. The first-order chi connectivity index (χ1) is 6.42. The molecule has 0 aliphatic carbocycles. The van der Waals surface area contributed by atoms with Crippen LogP contribution in [0.2, 0.25) is 0 Å². The molecule has 0 radical (unpaired) electrons. The van der Waals surface area contributed by atoms with Crippen LogP contribution < -0.4 is 4.57 Å². The average molecular weight is 219 g/mol. The van der Waals surface area contributed by atoms with Crippen LogP contribution in [0.25, 0.3) is 0 Å². The van der Waals surface area contributed by atoms with Gasteiger partial charge in [-0.25, -0.2) is 4.57 Å². The van der Waals surface area contributed by atoms with Gasteiger partial charge in [-0.3, -0.25) is 9.54 Å². The molecule has 1 rings (SSSR count). The quantitative estimate of drug-likeness (QED) is 0.577. The van der Waals surface area contributed by atoms with Crippen LogP contribution in [-0.2, 0) is 15.0 Å². The number of rotatable bonds is 4. The molecular weight excluding hydrogens is 204 g/mol. The Morgan fingerprint density at radius 2 is 2.21 bits per heavy atom.